The Bertz CT molecular complexity index is 881. The fourth-order valence-corrected chi connectivity index (χ4v) is 6.32. The summed E-state index contributed by atoms with van der Waals surface area (Å²) in [7, 11) is -2.53. The second-order valence-electron chi connectivity index (χ2n) is 8.11. The SMILES string of the molecule is c1ccc(CN[Si](NCc2ccccc2)(NCc2ccccc2)NCc2ccccc2)cc1. The molecule has 4 nitrogen and oxygen atoms in total. The Morgan fingerprint density at radius 2 is 0.545 bits per heavy atom. The summed E-state index contributed by atoms with van der Waals surface area (Å²) in [5.41, 5.74) is 5.05. The number of hydrogen-bond acceptors (Lipinski definition) is 4. The molecule has 4 aromatic rings. The minimum atomic E-state index is -2.53. The molecule has 0 bridgehead atoms. The summed E-state index contributed by atoms with van der Waals surface area (Å²) in [4.78, 5) is 15.5. The summed E-state index contributed by atoms with van der Waals surface area (Å²) in [5.74, 6) is 0. The molecule has 0 aliphatic rings. The van der Waals surface area contributed by atoms with E-state index in [4.69, 9.17) is 0 Å². The Hall–Kier alpha value is -3.06. The monoisotopic (exact) mass is 452 g/mol. The van der Waals surface area contributed by atoms with E-state index in [1.807, 2.05) is 0 Å². The molecule has 0 heterocycles. The molecular weight excluding hydrogens is 420 g/mol. The molecule has 0 aliphatic heterocycles. The minimum Gasteiger partial charge on any atom is -0.297 e. The van der Waals surface area contributed by atoms with E-state index >= 15 is 0 Å². The van der Waals surface area contributed by atoms with Crippen LogP contribution in [0.2, 0.25) is 0 Å². The smallest absolute Gasteiger partial charge is 0.297 e. The highest BCUT2D eigenvalue weighted by Gasteiger charge is 2.34. The van der Waals surface area contributed by atoms with Gasteiger partial charge in [-0.15, -0.1) is 0 Å². The third-order valence-electron chi connectivity index (χ3n) is 5.60. The largest absolute Gasteiger partial charge is 0.367 e. The molecule has 0 unspecified atom stereocenters. The summed E-state index contributed by atoms with van der Waals surface area (Å²) >= 11 is 0. The normalized spacial score (nSPS) is 11.4. The predicted molar refractivity (Wildman–Crippen MR) is 139 cm³/mol. The van der Waals surface area contributed by atoms with Gasteiger partial charge in [0.05, 0.1) is 0 Å². The van der Waals surface area contributed by atoms with Crippen molar-refractivity contribution in [2.45, 2.75) is 26.2 Å². The summed E-state index contributed by atoms with van der Waals surface area (Å²) in [6.45, 7) is 3.10. The van der Waals surface area contributed by atoms with Gasteiger partial charge in [0.25, 0.3) is 0 Å². The maximum absolute atomic E-state index is 3.87. The molecule has 0 aromatic heterocycles. The summed E-state index contributed by atoms with van der Waals surface area (Å²) in [6.07, 6.45) is 0. The first-order valence-corrected chi connectivity index (χ1v) is 13.5. The Labute approximate surface area is 198 Å². The third-order valence-corrected chi connectivity index (χ3v) is 8.43. The Morgan fingerprint density at radius 1 is 0.333 bits per heavy atom. The zero-order valence-corrected chi connectivity index (χ0v) is 19.9. The van der Waals surface area contributed by atoms with Gasteiger partial charge in [-0.2, -0.15) is 0 Å². The van der Waals surface area contributed by atoms with E-state index in [2.05, 4.69) is 141 Å². The molecule has 4 rings (SSSR count). The highest BCUT2D eigenvalue weighted by molar-refractivity contribution is 6.69. The fraction of sp³-hybridized carbons (Fsp3) is 0.143. The molecule has 4 aromatic carbocycles. The van der Waals surface area contributed by atoms with Crippen molar-refractivity contribution in [3.05, 3.63) is 144 Å². The van der Waals surface area contributed by atoms with E-state index in [0.717, 1.165) is 26.2 Å². The average Bonchev–Trinajstić information content (AvgIpc) is 2.90. The van der Waals surface area contributed by atoms with Crippen molar-refractivity contribution in [1.82, 2.24) is 19.9 Å². The maximum atomic E-state index is 3.87. The molecule has 33 heavy (non-hydrogen) atoms. The van der Waals surface area contributed by atoms with Crippen molar-refractivity contribution in [2.24, 2.45) is 0 Å². The molecule has 0 saturated heterocycles. The molecule has 4 N–H and O–H groups in total. The van der Waals surface area contributed by atoms with E-state index in [0.29, 0.717) is 0 Å². The molecule has 0 saturated carbocycles. The third kappa shape index (κ3) is 7.49. The van der Waals surface area contributed by atoms with Crippen LogP contribution in [0.1, 0.15) is 22.3 Å². The minimum absolute atomic E-state index is 0.776. The number of hydrogen-bond donors (Lipinski definition) is 4. The Kier molecular flexibility index (Phi) is 8.58. The second kappa shape index (κ2) is 12.3. The van der Waals surface area contributed by atoms with Crippen LogP contribution in [0.25, 0.3) is 0 Å². The molecule has 168 valence electrons. The van der Waals surface area contributed by atoms with Gasteiger partial charge < -0.3 is 0 Å². The molecule has 0 amide bonds. The first kappa shape index (κ1) is 23.1. The molecule has 0 fully saturated rings. The van der Waals surface area contributed by atoms with Crippen LogP contribution < -0.4 is 19.9 Å². The van der Waals surface area contributed by atoms with E-state index in [9.17, 15) is 0 Å². The lowest BCUT2D eigenvalue weighted by Gasteiger charge is -2.34. The van der Waals surface area contributed by atoms with Crippen molar-refractivity contribution in [3.63, 3.8) is 0 Å². The van der Waals surface area contributed by atoms with Gasteiger partial charge in [0.1, 0.15) is 0 Å². The van der Waals surface area contributed by atoms with Crippen LogP contribution in [0.4, 0.5) is 0 Å². The maximum Gasteiger partial charge on any atom is 0.367 e. The van der Waals surface area contributed by atoms with Crippen molar-refractivity contribution in [1.29, 1.82) is 0 Å². The topological polar surface area (TPSA) is 48.1 Å². The lowest BCUT2D eigenvalue weighted by atomic mass is 10.2. The van der Waals surface area contributed by atoms with Gasteiger partial charge in [0.2, 0.25) is 0 Å². The second-order valence-corrected chi connectivity index (χ2v) is 11.0. The lowest BCUT2D eigenvalue weighted by Crippen LogP contribution is -2.79. The zero-order valence-electron chi connectivity index (χ0n) is 18.9. The highest BCUT2D eigenvalue weighted by atomic mass is 28.4. The highest BCUT2D eigenvalue weighted by Crippen LogP contribution is 2.06. The van der Waals surface area contributed by atoms with Crippen LogP contribution in [0.3, 0.4) is 0 Å². The van der Waals surface area contributed by atoms with Gasteiger partial charge in [0.15, 0.2) is 0 Å². The van der Waals surface area contributed by atoms with Crippen LogP contribution in [0.5, 0.6) is 0 Å². The van der Waals surface area contributed by atoms with Crippen molar-refractivity contribution in [3.8, 4) is 0 Å². The van der Waals surface area contributed by atoms with Crippen molar-refractivity contribution < 1.29 is 0 Å². The Morgan fingerprint density at radius 3 is 0.758 bits per heavy atom. The van der Waals surface area contributed by atoms with Crippen LogP contribution >= 0.6 is 0 Å². The van der Waals surface area contributed by atoms with E-state index in [-0.39, 0.29) is 0 Å². The number of benzene rings is 4. The number of rotatable bonds is 12. The van der Waals surface area contributed by atoms with Gasteiger partial charge >= 0.3 is 8.72 Å². The van der Waals surface area contributed by atoms with Gasteiger partial charge in [-0.05, 0) is 22.3 Å². The van der Waals surface area contributed by atoms with Crippen LogP contribution in [-0.4, -0.2) is 8.72 Å². The average molecular weight is 453 g/mol. The standard InChI is InChI=1S/C28H32N4Si/c1-5-13-25(14-6-1)21-29-33(30-22-26-15-7-2-8-16-26,31-23-27-17-9-3-10-18-27)32-24-28-19-11-4-12-20-28/h1-20,29-32H,21-24H2. The summed E-state index contributed by atoms with van der Waals surface area (Å²) in [6, 6.07) is 42.3. The molecule has 0 aliphatic carbocycles. The molecule has 0 radical (unpaired) electrons. The Balaban J connectivity index is 1.56. The lowest BCUT2D eigenvalue weighted by molar-refractivity contribution is 0.666. The fourth-order valence-electron chi connectivity index (χ4n) is 3.70. The molecule has 5 heteroatoms. The quantitative estimate of drug-likeness (QED) is 0.238. The first-order valence-electron chi connectivity index (χ1n) is 11.5. The predicted octanol–water partition coefficient (Wildman–Crippen LogP) is 4.58. The van der Waals surface area contributed by atoms with Crippen LogP contribution in [0.15, 0.2) is 121 Å². The van der Waals surface area contributed by atoms with Gasteiger partial charge in [-0.1, -0.05) is 121 Å². The zero-order chi connectivity index (χ0) is 22.6. The molecule has 0 atom stereocenters. The van der Waals surface area contributed by atoms with E-state index in [1.165, 1.54) is 22.3 Å². The van der Waals surface area contributed by atoms with Crippen LogP contribution in [0, 0.1) is 0 Å². The van der Waals surface area contributed by atoms with Gasteiger partial charge in [0, 0.05) is 26.2 Å². The number of nitrogens with one attached hydrogen (secondary N) is 4. The van der Waals surface area contributed by atoms with Crippen molar-refractivity contribution >= 4 is 8.72 Å². The van der Waals surface area contributed by atoms with Crippen molar-refractivity contribution in [2.75, 3.05) is 0 Å². The van der Waals surface area contributed by atoms with E-state index in [1.54, 1.807) is 0 Å². The molecule has 0 spiro atoms. The van der Waals surface area contributed by atoms with Crippen LogP contribution in [-0.2, 0) is 26.2 Å². The summed E-state index contributed by atoms with van der Waals surface area (Å²) < 4.78 is 0. The van der Waals surface area contributed by atoms with E-state index < -0.39 is 8.72 Å². The molecular formula is C28H32N4Si. The first-order chi connectivity index (χ1) is 16.3. The summed E-state index contributed by atoms with van der Waals surface area (Å²) in [5, 5.41) is 0. The van der Waals surface area contributed by atoms with Gasteiger partial charge in [-0.3, -0.25) is 19.9 Å². The van der Waals surface area contributed by atoms with Gasteiger partial charge in [-0.25, -0.2) is 0 Å².